The van der Waals surface area contributed by atoms with Gasteiger partial charge in [0.25, 0.3) is 0 Å². The van der Waals surface area contributed by atoms with Crippen molar-refractivity contribution in [1.29, 1.82) is 5.26 Å². The highest BCUT2D eigenvalue weighted by Gasteiger charge is 2.01. The maximum atomic E-state index is 8.70. The summed E-state index contributed by atoms with van der Waals surface area (Å²) < 4.78 is 1.18. The van der Waals surface area contributed by atoms with Crippen LogP contribution in [0.15, 0.2) is 42.6 Å². The quantitative estimate of drug-likeness (QED) is 0.708. The Morgan fingerprint density at radius 3 is 2.71 bits per heavy atom. The monoisotopic (exact) mass is 295 g/mol. The zero-order chi connectivity index (χ0) is 14.5. The number of thiazole rings is 1. The van der Waals surface area contributed by atoms with E-state index in [9.17, 15) is 0 Å². The fourth-order valence-electron chi connectivity index (χ4n) is 1.87. The molecule has 104 valence electrons. The van der Waals surface area contributed by atoms with E-state index in [1.54, 1.807) is 29.7 Å². The molecule has 21 heavy (non-hydrogen) atoms. The fraction of sp³-hybridized carbons (Fsp3) is 0.133. The van der Waals surface area contributed by atoms with E-state index in [4.69, 9.17) is 5.26 Å². The van der Waals surface area contributed by atoms with Gasteiger partial charge in [0, 0.05) is 19.3 Å². The molecular weight excluding hydrogens is 282 g/mol. The lowest BCUT2D eigenvalue weighted by molar-refractivity contribution is 1.06. The van der Waals surface area contributed by atoms with Crippen LogP contribution in [-0.2, 0) is 0 Å². The van der Waals surface area contributed by atoms with Crippen LogP contribution in [0.5, 0.6) is 0 Å². The van der Waals surface area contributed by atoms with Crippen molar-refractivity contribution in [3.63, 3.8) is 0 Å². The molecule has 0 fully saturated rings. The van der Waals surface area contributed by atoms with Gasteiger partial charge in [0.1, 0.15) is 11.9 Å². The van der Waals surface area contributed by atoms with Crippen molar-refractivity contribution >= 4 is 32.5 Å². The van der Waals surface area contributed by atoms with Gasteiger partial charge in [-0.15, -0.1) is 0 Å². The number of nitriles is 1. The average Bonchev–Trinajstić information content (AvgIpc) is 2.95. The van der Waals surface area contributed by atoms with Gasteiger partial charge in [-0.25, -0.2) is 9.97 Å². The largest absolute Gasteiger partial charge is 0.368 e. The Morgan fingerprint density at radius 1 is 1.10 bits per heavy atom. The molecule has 6 heteroatoms. The number of nitrogens with zero attached hydrogens (tertiary/aromatic N) is 3. The van der Waals surface area contributed by atoms with Gasteiger partial charge in [0.05, 0.1) is 15.8 Å². The Bertz CT molecular complexity index is 740. The highest BCUT2D eigenvalue weighted by molar-refractivity contribution is 7.22. The minimum absolute atomic E-state index is 0.563. The maximum Gasteiger partial charge on any atom is 0.183 e. The first-order valence-electron chi connectivity index (χ1n) is 6.54. The molecule has 0 radical (unpaired) electrons. The molecule has 3 rings (SSSR count). The Balaban J connectivity index is 1.50. The van der Waals surface area contributed by atoms with Crippen molar-refractivity contribution in [2.45, 2.75) is 0 Å². The molecular formula is C15H13N5S. The lowest BCUT2D eigenvalue weighted by atomic mass is 10.3. The first-order valence-corrected chi connectivity index (χ1v) is 7.36. The van der Waals surface area contributed by atoms with E-state index in [0.717, 1.165) is 29.6 Å². The van der Waals surface area contributed by atoms with Crippen LogP contribution < -0.4 is 10.6 Å². The summed E-state index contributed by atoms with van der Waals surface area (Å²) in [6.07, 6.45) is 1.56. The SMILES string of the molecule is N#Cc1ccc(NCCNc2nc3ccccc3s2)nc1. The van der Waals surface area contributed by atoms with Gasteiger partial charge in [0.15, 0.2) is 5.13 Å². The highest BCUT2D eigenvalue weighted by Crippen LogP contribution is 2.24. The van der Waals surface area contributed by atoms with Crippen LogP contribution in [0.2, 0.25) is 0 Å². The topological polar surface area (TPSA) is 73.6 Å². The summed E-state index contributed by atoms with van der Waals surface area (Å²) in [4.78, 5) is 8.66. The molecule has 0 unspecified atom stereocenters. The molecule has 0 bridgehead atoms. The van der Waals surface area contributed by atoms with Crippen molar-refractivity contribution in [3.8, 4) is 6.07 Å². The summed E-state index contributed by atoms with van der Waals surface area (Å²) in [5.74, 6) is 0.764. The van der Waals surface area contributed by atoms with Crippen molar-refractivity contribution in [2.24, 2.45) is 0 Å². The van der Waals surface area contributed by atoms with Gasteiger partial charge >= 0.3 is 0 Å². The predicted octanol–water partition coefficient (Wildman–Crippen LogP) is 3.09. The molecule has 0 aliphatic carbocycles. The molecule has 0 aliphatic rings. The van der Waals surface area contributed by atoms with Crippen molar-refractivity contribution in [1.82, 2.24) is 9.97 Å². The van der Waals surface area contributed by atoms with Crippen LogP contribution in [0.3, 0.4) is 0 Å². The lowest BCUT2D eigenvalue weighted by Gasteiger charge is -2.05. The van der Waals surface area contributed by atoms with Crippen molar-refractivity contribution in [3.05, 3.63) is 48.2 Å². The number of benzene rings is 1. The molecule has 0 amide bonds. The van der Waals surface area contributed by atoms with Crippen molar-refractivity contribution < 1.29 is 0 Å². The highest BCUT2D eigenvalue weighted by atomic mass is 32.1. The van der Waals surface area contributed by atoms with Gasteiger partial charge in [-0.05, 0) is 24.3 Å². The summed E-state index contributed by atoms with van der Waals surface area (Å²) in [7, 11) is 0. The first kappa shape index (κ1) is 13.3. The van der Waals surface area contributed by atoms with Gasteiger partial charge in [-0.1, -0.05) is 23.5 Å². The number of pyridine rings is 1. The minimum Gasteiger partial charge on any atom is -0.368 e. The lowest BCUT2D eigenvalue weighted by Crippen LogP contribution is -2.14. The third kappa shape index (κ3) is 3.27. The normalized spacial score (nSPS) is 10.2. The predicted molar refractivity (Wildman–Crippen MR) is 85.6 cm³/mol. The number of para-hydroxylation sites is 1. The molecule has 1 aromatic carbocycles. The third-order valence-corrected chi connectivity index (χ3v) is 3.89. The molecule has 5 nitrogen and oxygen atoms in total. The summed E-state index contributed by atoms with van der Waals surface area (Å²) in [5, 5.41) is 16.1. The number of anilines is 2. The van der Waals surface area contributed by atoms with Gasteiger partial charge in [0.2, 0.25) is 0 Å². The minimum atomic E-state index is 0.563. The van der Waals surface area contributed by atoms with E-state index in [0.29, 0.717) is 5.56 Å². The first-order chi connectivity index (χ1) is 10.3. The maximum absolute atomic E-state index is 8.70. The molecule has 0 saturated heterocycles. The van der Waals surface area contributed by atoms with E-state index >= 15 is 0 Å². The van der Waals surface area contributed by atoms with Gasteiger partial charge < -0.3 is 10.6 Å². The number of hydrogen-bond acceptors (Lipinski definition) is 6. The van der Waals surface area contributed by atoms with Crippen LogP contribution >= 0.6 is 11.3 Å². The average molecular weight is 295 g/mol. The second-order valence-electron chi connectivity index (χ2n) is 4.38. The second-order valence-corrected chi connectivity index (χ2v) is 5.41. The number of aromatic nitrogens is 2. The zero-order valence-electron chi connectivity index (χ0n) is 11.2. The standard InChI is InChI=1S/C15H13N5S/c16-9-11-5-6-14(19-10-11)17-7-8-18-15-20-12-3-1-2-4-13(12)21-15/h1-6,10H,7-8H2,(H,17,19)(H,18,20). The van der Waals surface area contributed by atoms with Crippen LogP contribution in [0.4, 0.5) is 10.9 Å². The zero-order valence-corrected chi connectivity index (χ0v) is 12.0. The summed E-state index contributed by atoms with van der Waals surface area (Å²) in [6, 6.07) is 13.7. The Hall–Kier alpha value is -2.65. The molecule has 2 N–H and O–H groups in total. The summed E-state index contributed by atoms with van der Waals surface area (Å²) in [6.45, 7) is 1.48. The number of rotatable bonds is 5. The molecule has 2 heterocycles. The molecule has 0 atom stereocenters. The van der Waals surface area contributed by atoms with E-state index in [2.05, 4.69) is 26.7 Å². The number of nitrogens with one attached hydrogen (secondary N) is 2. The summed E-state index contributed by atoms with van der Waals surface area (Å²) >= 11 is 1.65. The van der Waals surface area contributed by atoms with Gasteiger partial charge in [-0.3, -0.25) is 0 Å². The van der Waals surface area contributed by atoms with E-state index in [1.807, 2.05) is 24.3 Å². The Kier molecular flexibility index (Phi) is 3.94. The third-order valence-electron chi connectivity index (χ3n) is 2.89. The molecule has 2 aromatic heterocycles. The molecule has 0 saturated carbocycles. The summed E-state index contributed by atoms with van der Waals surface area (Å²) in [5.41, 5.74) is 1.58. The Morgan fingerprint density at radius 2 is 1.95 bits per heavy atom. The second kappa shape index (κ2) is 6.20. The van der Waals surface area contributed by atoms with Crippen molar-refractivity contribution in [2.75, 3.05) is 23.7 Å². The van der Waals surface area contributed by atoms with E-state index < -0.39 is 0 Å². The number of fused-ring (bicyclic) bond motifs is 1. The van der Waals surface area contributed by atoms with Crippen LogP contribution in [0, 0.1) is 11.3 Å². The molecule has 3 aromatic rings. The van der Waals surface area contributed by atoms with Crippen LogP contribution in [-0.4, -0.2) is 23.1 Å². The van der Waals surface area contributed by atoms with Gasteiger partial charge in [-0.2, -0.15) is 5.26 Å². The fourth-order valence-corrected chi connectivity index (χ4v) is 2.76. The smallest absolute Gasteiger partial charge is 0.183 e. The molecule has 0 aliphatic heterocycles. The van der Waals surface area contributed by atoms with Crippen LogP contribution in [0.1, 0.15) is 5.56 Å². The van der Waals surface area contributed by atoms with Crippen LogP contribution in [0.25, 0.3) is 10.2 Å². The van der Waals surface area contributed by atoms with E-state index in [1.165, 1.54) is 4.70 Å². The Labute approximate surface area is 126 Å². The molecule has 0 spiro atoms. The van der Waals surface area contributed by atoms with E-state index in [-0.39, 0.29) is 0 Å². The number of hydrogen-bond donors (Lipinski definition) is 2.